The summed E-state index contributed by atoms with van der Waals surface area (Å²) in [5.41, 5.74) is 0.818. The maximum absolute atomic E-state index is 13.2. The number of halogens is 1. The Morgan fingerprint density at radius 3 is 2.92 bits per heavy atom. The van der Waals surface area contributed by atoms with Gasteiger partial charge in [-0.2, -0.15) is 0 Å². The van der Waals surface area contributed by atoms with Crippen LogP contribution in [-0.2, 0) is 25.5 Å². The summed E-state index contributed by atoms with van der Waals surface area (Å²) in [7, 11) is 0. The molecule has 1 unspecified atom stereocenters. The van der Waals surface area contributed by atoms with Crippen LogP contribution in [0.3, 0.4) is 0 Å². The van der Waals surface area contributed by atoms with Gasteiger partial charge < -0.3 is 15.0 Å². The highest BCUT2D eigenvalue weighted by Gasteiger charge is 2.29. The van der Waals surface area contributed by atoms with Gasteiger partial charge in [-0.15, -0.1) is 0 Å². The van der Waals surface area contributed by atoms with Gasteiger partial charge in [-0.1, -0.05) is 12.1 Å². The van der Waals surface area contributed by atoms with E-state index in [4.69, 9.17) is 4.74 Å². The van der Waals surface area contributed by atoms with E-state index in [0.29, 0.717) is 39.0 Å². The van der Waals surface area contributed by atoms with Crippen molar-refractivity contribution in [2.45, 2.75) is 32.6 Å². The Kier molecular flexibility index (Phi) is 7.56. The van der Waals surface area contributed by atoms with Gasteiger partial charge in [0.25, 0.3) is 0 Å². The van der Waals surface area contributed by atoms with Crippen LogP contribution in [0.5, 0.6) is 0 Å². The van der Waals surface area contributed by atoms with Crippen molar-refractivity contribution in [1.82, 2.24) is 10.2 Å². The molecule has 2 rings (SSSR count). The lowest BCUT2D eigenvalue weighted by Gasteiger charge is -2.32. The second-order valence-electron chi connectivity index (χ2n) is 6.30. The van der Waals surface area contributed by atoms with Crippen molar-refractivity contribution in [1.29, 1.82) is 0 Å². The first kappa shape index (κ1) is 19.9. The third-order valence-electron chi connectivity index (χ3n) is 4.36. The summed E-state index contributed by atoms with van der Waals surface area (Å²) in [6.45, 7) is 3.07. The number of nitrogens with zero attached hydrogens (tertiary/aromatic N) is 1. The third kappa shape index (κ3) is 6.13. The highest BCUT2D eigenvalue weighted by Crippen LogP contribution is 2.18. The molecule has 0 radical (unpaired) electrons. The summed E-state index contributed by atoms with van der Waals surface area (Å²) < 4.78 is 18.0. The molecule has 0 bridgehead atoms. The fraction of sp³-hybridized carbons (Fsp3) is 0.526. The molecule has 0 saturated carbocycles. The molecular weight excluding hydrogens is 339 g/mol. The summed E-state index contributed by atoms with van der Waals surface area (Å²) in [6.07, 6.45) is 1.49. The van der Waals surface area contributed by atoms with E-state index in [-0.39, 0.29) is 42.5 Å². The van der Waals surface area contributed by atoms with Crippen molar-refractivity contribution in [3.05, 3.63) is 35.6 Å². The van der Waals surface area contributed by atoms with Crippen molar-refractivity contribution in [3.8, 4) is 0 Å². The fourth-order valence-corrected chi connectivity index (χ4v) is 2.97. The number of ether oxygens (including phenoxy) is 1. The Balaban J connectivity index is 1.79. The van der Waals surface area contributed by atoms with Crippen LogP contribution >= 0.6 is 0 Å². The van der Waals surface area contributed by atoms with E-state index >= 15 is 0 Å². The first-order valence-corrected chi connectivity index (χ1v) is 8.95. The van der Waals surface area contributed by atoms with Gasteiger partial charge in [-0.3, -0.25) is 14.4 Å². The van der Waals surface area contributed by atoms with E-state index in [1.165, 1.54) is 12.1 Å². The van der Waals surface area contributed by atoms with Gasteiger partial charge in [0.15, 0.2) is 0 Å². The standard InChI is InChI=1S/C19H25FN2O4/c1-2-26-18(24)8-10-21-19(25)15-6-7-17(23)22(13-15)11-9-14-4-3-5-16(20)12-14/h3-5,12,15H,2,6-11,13H2,1H3,(H,21,25). The molecule has 6 nitrogen and oxygen atoms in total. The summed E-state index contributed by atoms with van der Waals surface area (Å²) >= 11 is 0. The predicted octanol–water partition coefficient (Wildman–Crippen LogP) is 1.68. The van der Waals surface area contributed by atoms with E-state index in [1.807, 2.05) is 6.07 Å². The number of esters is 1. The minimum atomic E-state index is -0.344. The number of amides is 2. The van der Waals surface area contributed by atoms with E-state index in [2.05, 4.69) is 5.32 Å². The van der Waals surface area contributed by atoms with Gasteiger partial charge in [0.1, 0.15) is 5.82 Å². The number of rotatable bonds is 8. The summed E-state index contributed by atoms with van der Waals surface area (Å²) in [5.74, 6) is -1.08. The maximum Gasteiger partial charge on any atom is 0.307 e. The topological polar surface area (TPSA) is 75.7 Å². The smallest absolute Gasteiger partial charge is 0.307 e. The molecule has 0 aromatic heterocycles. The highest BCUT2D eigenvalue weighted by molar-refractivity contribution is 5.84. The first-order valence-electron chi connectivity index (χ1n) is 8.95. The zero-order valence-electron chi connectivity index (χ0n) is 15.0. The lowest BCUT2D eigenvalue weighted by molar-refractivity contribution is -0.143. The van der Waals surface area contributed by atoms with Crippen LogP contribution in [0, 0.1) is 11.7 Å². The van der Waals surface area contributed by atoms with Crippen LogP contribution in [0.15, 0.2) is 24.3 Å². The Morgan fingerprint density at radius 1 is 1.38 bits per heavy atom. The molecule has 1 N–H and O–H groups in total. The van der Waals surface area contributed by atoms with Crippen LogP contribution in [0.1, 0.15) is 31.7 Å². The van der Waals surface area contributed by atoms with Crippen LogP contribution < -0.4 is 5.32 Å². The minimum Gasteiger partial charge on any atom is -0.466 e. The fourth-order valence-electron chi connectivity index (χ4n) is 2.97. The lowest BCUT2D eigenvalue weighted by Crippen LogP contribution is -2.46. The average molecular weight is 364 g/mol. The number of hydrogen-bond donors (Lipinski definition) is 1. The molecule has 142 valence electrons. The van der Waals surface area contributed by atoms with E-state index in [1.54, 1.807) is 17.9 Å². The number of piperidine rings is 1. The minimum absolute atomic E-state index is 0.0111. The number of hydrogen-bond acceptors (Lipinski definition) is 4. The quantitative estimate of drug-likeness (QED) is 0.712. The van der Waals surface area contributed by atoms with Crippen molar-refractivity contribution in [2.75, 3.05) is 26.2 Å². The molecular formula is C19H25FN2O4. The van der Waals surface area contributed by atoms with Crippen molar-refractivity contribution < 1.29 is 23.5 Å². The van der Waals surface area contributed by atoms with Crippen molar-refractivity contribution in [2.24, 2.45) is 5.92 Å². The maximum atomic E-state index is 13.2. The van der Waals surface area contributed by atoms with Gasteiger partial charge in [-0.05, 0) is 37.5 Å². The molecule has 1 aliphatic heterocycles. The summed E-state index contributed by atoms with van der Waals surface area (Å²) in [4.78, 5) is 37.3. The van der Waals surface area contributed by atoms with Gasteiger partial charge in [0.2, 0.25) is 11.8 Å². The molecule has 7 heteroatoms. The Bertz CT molecular complexity index is 650. The molecule has 0 aliphatic carbocycles. The SMILES string of the molecule is CCOC(=O)CCNC(=O)C1CCC(=O)N(CCc2cccc(F)c2)C1. The van der Waals surface area contributed by atoms with E-state index < -0.39 is 0 Å². The monoisotopic (exact) mass is 364 g/mol. The van der Waals surface area contributed by atoms with Gasteiger partial charge in [-0.25, -0.2) is 4.39 Å². The summed E-state index contributed by atoms with van der Waals surface area (Å²) in [6, 6.07) is 6.29. The number of carbonyl (C=O) groups is 3. The molecule has 1 fully saturated rings. The zero-order chi connectivity index (χ0) is 18.9. The Labute approximate surface area is 152 Å². The number of benzene rings is 1. The zero-order valence-corrected chi connectivity index (χ0v) is 15.0. The largest absolute Gasteiger partial charge is 0.466 e. The lowest BCUT2D eigenvalue weighted by atomic mass is 9.96. The highest BCUT2D eigenvalue weighted by atomic mass is 19.1. The molecule has 0 spiro atoms. The van der Waals surface area contributed by atoms with E-state index in [0.717, 1.165) is 5.56 Å². The molecule has 2 amide bonds. The van der Waals surface area contributed by atoms with Crippen molar-refractivity contribution in [3.63, 3.8) is 0 Å². The second kappa shape index (κ2) is 9.89. The first-order chi connectivity index (χ1) is 12.5. The van der Waals surface area contributed by atoms with Crippen LogP contribution in [-0.4, -0.2) is 48.9 Å². The van der Waals surface area contributed by atoms with Crippen LogP contribution in [0.25, 0.3) is 0 Å². The molecule has 1 atom stereocenters. The molecule has 1 aromatic carbocycles. The summed E-state index contributed by atoms with van der Waals surface area (Å²) in [5, 5.41) is 2.73. The Hall–Kier alpha value is -2.44. The molecule has 1 aromatic rings. The molecule has 1 heterocycles. The number of likely N-dealkylation sites (tertiary alicyclic amines) is 1. The van der Waals surface area contributed by atoms with Gasteiger partial charge in [0.05, 0.1) is 18.9 Å². The molecule has 1 saturated heterocycles. The molecule has 1 aliphatic rings. The predicted molar refractivity (Wildman–Crippen MR) is 93.7 cm³/mol. The number of carbonyl (C=O) groups excluding carboxylic acids is 3. The van der Waals surface area contributed by atoms with Gasteiger partial charge >= 0.3 is 5.97 Å². The third-order valence-corrected chi connectivity index (χ3v) is 4.36. The number of nitrogens with one attached hydrogen (secondary N) is 1. The van der Waals surface area contributed by atoms with Crippen LogP contribution in [0.2, 0.25) is 0 Å². The average Bonchev–Trinajstić information content (AvgIpc) is 2.61. The van der Waals surface area contributed by atoms with Gasteiger partial charge in [0, 0.05) is 26.1 Å². The normalized spacial score (nSPS) is 17.1. The van der Waals surface area contributed by atoms with Crippen molar-refractivity contribution >= 4 is 17.8 Å². The van der Waals surface area contributed by atoms with E-state index in [9.17, 15) is 18.8 Å². The molecule has 26 heavy (non-hydrogen) atoms. The second-order valence-corrected chi connectivity index (χ2v) is 6.30. The van der Waals surface area contributed by atoms with Crippen LogP contribution in [0.4, 0.5) is 4.39 Å². The Morgan fingerprint density at radius 2 is 2.19 bits per heavy atom.